The van der Waals surface area contributed by atoms with E-state index in [1.165, 1.54) is 20.1 Å². The molecule has 1 aliphatic rings. The predicted molar refractivity (Wildman–Crippen MR) is 73.0 cm³/mol. The molecule has 7 heteroatoms. The van der Waals surface area contributed by atoms with Crippen LogP contribution in [0.15, 0.2) is 24.3 Å². The molecule has 0 radical (unpaired) electrons. The first-order valence-electron chi connectivity index (χ1n) is 6.47. The Labute approximate surface area is 121 Å². The molecule has 0 aliphatic carbocycles. The van der Waals surface area contributed by atoms with Gasteiger partial charge in [0.05, 0.1) is 12.7 Å². The second-order valence-corrected chi connectivity index (χ2v) is 4.50. The van der Waals surface area contributed by atoms with E-state index in [0.29, 0.717) is 12.3 Å². The molecule has 112 valence electrons. The highest BCUT2D eigenvalue weighted by Crippen LogP contribution is 2.14. The average Bonchev–Trinajstić information content (AvgIpc) is 2.92. The largest absolute Gasteiger partial charge is 0.497 e. The smallest absolute Gasteiger partial charge is 0.339 e. The zero-order chi connectivity index (χ0) is 15.4. The molecule has 0 aromatic heterocycles. The molecule has 0 saturated carbocycles. The molecule has 1 aromatic carbocycles. The Morgan fingerprint density at radius 1 is 1.38 bits per heavy atom. The van der Waals surface area contributed by atoms with Crippen LogP contribution >= 0.6 is 0 Å². The second-order valence-electron chi connectivity index (χ2n) is 4.50. The lowest BCUT2D eigenvalue weighted by atomic mass is 10.2. The van der Waals surface area contributed by atoms with Crippen LogP contribution < -0.4 is 10.1 Å². The molecule has 1 saturated heterocycles. The maximum Gasteiger partial charge on any atom is 0.339 e. The fraction of sp³-hybridized carbons (Fsp3) is 0.357. The fourth-order valence-corrected chi connectivity index (χ4v) is 1.93. The molecule has 7 nitrogen and oxygen atoms in total. The number of nitrogens with one attached hydrogen (secondary N) is 1. The van der Waals surface area contributed by atoms with Crippen LogP contribution in [0.5, 0.6) is 5.75 Å². The number of imide groups is 1. The number of carbonyl (C=O) groups excluding carboxylic acids is 3. The van der Waals surface area contributed by atoms with E-state index in [1.54, 1.807) is 18.2 Å². The van der Waals surface area contributed by atoms with E-state index in [2.05, 4.69) is 5.32 Å². The van der Waals surface area contributed by atoms with Gasteiger partial charge in [0.1, 0.15) is 5.75 Å². The predicted octanol–water partition coefficient (Wildman–Crippen LogP) is 0.792. The van der Waals surface area contributed by atoms with Crippen LogP contribution in [-0.2, 0) is 9.53 Å². The van der Waals surface area contributed by atoms with Crippen LogP contribution in [0.4, 0.5) is 4.79 Å². The lowest BCUT2D eigenvalue weighted by Crippen LogP contribution is -2.41. The van der Waals surface area contributed by atoms with Gasteiger partial charge >= 0.3 is 12.0 Å². The normalized spacial score (nSPS) is 15.3. The van der Waals surface area contributed by atoms with Crippen molar-refractivity contribution in [1.82, 2.24) is 10.2 Å². The zero-order valence-corrected chi connectivity index (χ0v) is 11.8. The molecule has 2 rings (SSSR count). The third-order valence-corrected chi connectivity index (χ3v) is 3.06. The van der Waals surface area contributed by atoms with Crippen LogP contribution in [-0.4, -0.2) is 49.1 Å². The first-order chi connectivity index (χ1) is 10.0. The summed E-state index contributed by atoms with van der Waals surface area (Å²) in [6, 6.07) is 5.95. The Morgan fingerprint density at radius 2 is 2.14 bits per heavy atom. The highest BCUT2D eigenvalue weighted by Gasteiger charge is 2.31. The maximum atomic E-state index is 12.0. The van der Waals surface area contributed by atoms with Gasteiger partial charge in [-0.2, -0.15) is 0 Å². The number of methoxy groups -OCH3 is 1. The van der Waals surface area contributed by atoms with Crippen molar-refractivity contribution in [3.63, 3.8) is 0 Å². The van der Waals surface area contributed by atoms with Gasteiger partial charge in [-0.3, -0.25) is 9.69 Å². The molecular formula is C14H16N2O5. The zero-order valence-electron chi connectivity index (χ0n) is 11.8. The van der Waals surface area contributed by atoms with Gasteiger partial charge in [-0.25, -0.2) is 9.59 Å². The maximum absolute atomic E-state index is 12.0. The van der Waals surface area contributed by atoms with Gasteiger partial charge in [0, 0.05) is 13.1 Å². The SMILES string of the molecule is COc1cccc(C(=O)OC(C)C(=O)N2CCNC2=O)c1. The Morgan fingerprint density at radius 3 is 2.76 bits per heavy atom. The molecule has 0 bridgehead atoms. The lowest BCUT2D eigenvalue weighted by Gasteiger charge is -2.18. The van der Waals surface area contributed by atoms with Gasteiger partial charge in [0.2, 0.25) is 0 Å². The monoisotopic (exact) mass is 292 g/mol. The van der Waals surface area contributed by atoms with Gasteiger partial charge < -0.3 is 14.8 Å². The molecule has 0 spiro atoms. The minimum absolute atomic E-state index is 0.277. The highest BCUT2D eigenvalue weighted by atomic mass is 16.5. The third-order valence-electron chi connectivity index (χ3n) is 3.06. The minimum atomic E-state index is -1.03. The van der Waals surface area contributed by atoms with Crippen molar-refractivity contribution in [1.29, 1.82) is 0 Å². The number of urea groups is 1. The number of benzene rings is 1. The Balaban J connectivity index is 2.01. The van der Waals surface area contributed by atoms with Crippen LogP contribution in [0, 0.1) is 0 Å². The van der Waals surface area contributed by atoms with Crippen LogP contribution in [0.1, 0.15) is 17.3 Å². The summed E-state index contributed by atoms with van der Waals surface area (Å²) in [5.41, 5.74) is 0.278. The van der Waals surface area contributed by atoms with Crippen LogP contribution in [0.25, 0.3) is 0 Å². The summed E-state index contributed by atoms with van der Waals surface area (Å²) in [7, 11) is 1.49. The molecule has 1 N–H and O–H groups in total. The van der Waals surface area contributed by atoms with Crippen LogP contribution in [0.3, 0.4) is 0 Å². The molecule has 1 fully saturated rings. The topological polar surface area (TPSA) is 84.9 Å². The van der Waals surface area contributed by atoms with Gasteiger partial charge in [0.25, 0.3) is 5.91 Å². The van der Waals surface area contributed by atoms with Crippen molar-refractivity contribution in [3.05, 3.63) is 29.8 Å². The van der Waals surface area contributed by atoms with Crippen molar-refractivity contribution >= 4 is 17.9 Å². The van der Waals surface area contributed by atoms with Crippen molar-refractivity contribution in [3.8, 4) is 5.75 Å². The number of amides is 3. The molecule has 21 heavy (non-hydrogen) atoms. The quantitative estimate of drug-likeness (QED) is 0.829. The summed E-state index contributed by atoms with van der Waals surface area (Å²) < 4.78 is 10.1. The van der Waals surface area contributed by atoms with Gasteiger partial charge in [0.15, 0.2) is 6.10 Å². The summed E-state index contributed by atoms with van der Waals surface area (Å²) in [4.78, 5) is 36.4. The third kappa shape index (κ3) is 3.31. The van der Waals surface area contributed by atoms with Gasteiger partial charge in [-0.15, -0.1) is 0 Å². The first kappa shape index (κ1) is 14.8. The summed E-state index contributed by atoms with van der Waals surface area (Å²) >= 11 is 0. The molecule has 1 atom stereocenters. The molecule has 1 aromatic rings. The summed E-state index contributed by atoms with van der Waals surface area (Å²) in [6.07, 6.45) is -1.03. The van der Waals surface area contributed by atoms with E-state index in [4.69, 9.17) is 9.47 Å². The fourth-order valence-electron chi connectivity index (χ4n) is 1.93. The first-order valence-corrected chi connectivity index (χ1v) is 6.47. The molecular weight excluding hydrogens is 276 g/mol. The van der Waals surface area contributed by atoms with Crippen molar-refractivity contribution in [2.45, 2.75) is 13.0 Å². The average molecular weight is 292 g/mol. The van der Waals surface area contributed by atoms with E-state index in [9.17, 15) is 14.4 Å². The summed E-state index contributed by atoms with van der Waals surface area (Å²) in [5, 5.41) is 2.51. The number of rotatable bonds is 4. The second kappa shape index (κ2) is 6.25. The van der Waals surface area contributed by atoms with E-state index in [1.807, 2.05) is 0 Å². The van der Waals surface area contributed by atoms with E-state index >= 15 is 0 Å². The van der Waals surface area contributed by atoms with E-state index < -0.39 is 24.0 Å². The number of hydrogen-bond acceptors (Lipinski definition) is 5. The highest BCUT2D eigenvalue weighted by molar-refractivity contribution is 5.99. The molecule has 1 unspecified atom stereocenters. The minimum Gasteiger partial charge on any atom is -0.497 e. The number of esters is 1. The Hall–Kier alpha value is -2.57. The lowest BCUT2D eigenvalue weighted by molar-refractivity contribution is -0.136. The molecule has 1 heterocycles. The summed E-state index contributed by atoms with van der Waals surface area (Å²) in [5.74, 6) is -0.669. The van der Waals surface area contributed by atoms with E-state index in [0.717, 1.165) is 4.90 Å². The standard InChI is InChI=1S/C14H16N2O5/c1-9(12(17)16-7-6-15-14(16)19)21-13(18)10-4-3-5-11(8-10)20-2/h3-5,8-9H,6-7H2,1-2H3,(H,15,19). The van der Waals surface area contributed by atoms with Crippen LogP contribution in [0.2, 0.25) is 0 Å². The van der Waals surface area contributed by atoms with Crippen molar-refractivity contribution in [2.24, 2.45) is 0 Å². The summed E-state index contributed by atoms with van der Waals surface area (Å²) in [6.45, 7) is 2.12. The number of nitrogens with zero attached hydrogens (tertiary/aromatic N) is 1. The molecule has 3 amide bonds. The number of hydrogen-bond donors (Lipinski definition) is 1. The van der Waals surface area contributed by atoms with Gasteiger partial charge in [-0.1, -0.05) is 6.07 Å². The number of ether oxygens (including phenoxy) is 2. The number of carbonyl (C=O) groups is 3. The Kier molecular flexibility index (Phi) is 4.42. The van der Waals surface area contributed by atoms with Crippen molar-refractivity contribution < 1.29 is 23.9 Å². The van der Waals surface area contributed by atoms with Crippen molar-refractivity contribution in [2.75, 3.05) is 20.2 Å². The van der Waals surface area contributed by atoms with Gasteiger partial charge in [-0.05, 0) is 25.1 Å². The molecule has 1 aliphatic heterocycles. The van der Waals surface area contributed by atoms with E-state index in [-0.39, 0.29) is 12.1 Å². The Bertz CT molecular complexity index is 572.